The number of rotatable bonds is 7. The average Bonchev–Trinajstić information content (AvgIpc) is 2.86. The maximum atomic E-state index is 13.5. The third-order valence-electron chi connectivity index (χ3n) is 5.73. The van der Waals surface area contributed by atoms with Crippen molar-refractivity contribution in [3.05, 3.63) is 68.1 Å². The largest absolute Gasteiger partial charge is 0.502 e. The summed E-state index contributed by atoms with van der Waals surface area (Å²) in [5.41, 5.74) is -0.745. The summed E-state index contributed by atoms with van der Waals surface area (Å²) in [6.45, 7) is 1.57. The zero-order valence-electron chi connectivity index (χ0n) is 18.9. The van der Waals surface area contributed by atoms with Crippen LogP contribution in [0.25, 0.3) is 11.0 Å². The Morgan fingerprint density at radius 1 is 1.18 bits per heavy atom. The van der Waals surface area contributed by atoms with Crippen LogP contribution in [0.15, 0.2) is 49.0 Å². The summed E-state index contributed by atoms with van der Waals surface area (Å²) in [4.78, 5) is 40.7. The molecule has 0 spiro atoms. The summed E-state index contributed by atoms with van der Waals surface area (Å²) < 4.78 is 27.0. The minimum absolute atomic E-state index is 0.0316. The molecular formula is C24H25NO9. The molecule has 180 valence electrons. The van der Waals surface area contributed by atoms with Gasteiger partial charge in [-0.3, -0.25) is 14.4 Å². The van der Waals surface area contributed by atoms with Crippen molar-refractivity contribution in [3.8, 4) is 11.5 Å². The molecule has 1 N–H and O–H groups in total. The molecule has 3 aromatic rings. The molecule has 0 saturated carbocycles. The van der Waals surface area contributed by atoms with Crippen LogP contribution in [-0.2, 0) is 20.9 Å². The minimum atomic E-state index is -1.08. The van der Waals surface area contributed by atoms with Gasteiger partial charge in [0.25, 0.3) is 0 Å². The average molecular weight is 471 g/mol. The van der Waals surface area contributed by atoms with Gasteiger partial charge in [-0.25, -0.2) is 0 Å². The van der Waals surface area contributed by atoms with E-state index < -0.39 is 22.5 Å². The summed E-state index contributed by atoms with van der Waals surface area (Å²) >= 11 is 0. The maximum Gasteiger partial charge on any atom is 0.227 e. The van der Waals surface area contributed by atoms with E-state index in [0.717, 1.165) is 6.07 Å². The first kappa shape index (κ1) is 23.5. The summed E-state index contributed by atoms with van der Waals surface area (Å²) in [7, 11) is 2.90. The van der Waals surface area contributed by atoms with E-state index >= 15 is 0 Å². The van der Waals surface area contributed by atoms with Gasteiger partial charge in [0.15, 0.2) is 11.2 Å². The predicted molar refractivity (Wildman–Crippen MR) is 120 cm³/mol. The summed E-state index contributed by atoms with van der Waals surface area (Å²) in [6.07, 6.45) is 1.00. The highest BCUT2D eigenvalue weighted by atomic mass is 16.5. The Labute approximate surface area is 194 Å². The number of hydrogen-bond acceptors (Lipinski definition) is 9. The monoisotopic (exact) mass is 471 g/mol. The van der Waals surface area contributed by atoms with E-state index in [0.29, 0.717) is 37.6 Å². The van der Waals surface area contributed by atoms with Crippen molar-refractivity contribution in [1.82, 2.24) is 4.90 Å². The van der Waals surface area contributed by atoms with Crippen LogP contribution in [0, 0.1) is 0 Å². The van der Waals surface area contributed by atoms with Gasteiger partial charge < -0.3 is 33.1 Å². The van der Waals surface area contributed by atoms with Gasteiger partial charge in [0.1, 0.15) is 23.7 Å². The predicted octanol–water partition coefficient (Wildman–Crippen LogP) is 1.99. The quantitative estimate of drug-likeness (QED) is 0.550. The number of ether oxygens (including phenoxy) is 3. The molecule has 0 radical (unpaired) electrons. The lowest BCUT2D eigenvalue weighted by molar-refractivity contribution is -0.135. The molecule has 1 atom stereocenters. The summed E-state index contributed by atoms with van der Waals surface area (Å²) in [5.74, 6) is -1.63. The molecule has 1 saturated heterocycles. The van der Waals surface area contributed by atoms with E-state index in [1.54, 1.807) is 17.0 Å². The van der Waals surface area contributed by atoms with Gasteiger partial charge in [-0.15, -0.1) is 0 Å². The van der Waals surface area contributed by atoms with Crippen LogP contribution in [0.1, 0.15) is 29.4 Å². The van der Waals surface area contributed by atoms with E-state index in [1.165, 1.54) is 26.5 Å². The van der Waals surface area contributed by atoms with Crippen molar-refractivity contribution < 1.29 is 32.9 Å². The first-order valence-electron chi connectivity index (χ1n) is 10.7. The Morgan fingerprint density at radius 2 is 1.94 bits per heavy atom. The molecule has 0 bridgehead atoms. The number of methoxy groups -OCH3 is 2. The fraction of sp³-hybridized carbons (Fsp3) is 0.375. The van der Waals surface area contributed by atoms with Crippen molar-refractivity contribution in [2.45, 2.75) is 18.9 Å². The fourth-order valence-corrected chi connectivity index (χ4v) is 3.96. The molecule has 10 heteroatoms. The highest BCUT2D eigenvalue weighted by molar-refractivity contribution is 5.80. The fourth-order valence-electron chi connectivity index (χ4n) is 3.96. The highest BCUT2D eigenvalue weighted by Gasteiger charge is 2.31. The minimum Gasteiger partial charge on any atom is -0.502 e. The zero-order chi connectivity index (χ0) is 24.2. The van der Waals surface area contributed by atoms with Gasteiger partial charge in [0.2, 0.25) is 17.1 Å². The van der Waals surface area contributed by atoms with Gasteiger partial charge in [-0.2, -0.15) is 0 Å². The second-order valence-corrected chi connectivity index (χ2v) is 7.85. The Hall–Kier alpha value is -3.63. The SMILES string of the molecule is COCc1cc(=O)c(O)c([C@@H](CC(=O)N2CCOCC2)c2coc3ccc(OC)cc3c2=O)o1. The molecule has 2 aromatic heterocycles. The van der Waals surface area contributed by atoms with Crippen molar-refractivity contribution in [2.75, 3.05) is 40.5 Å². The molecular weight excluding hydrogens is 446 g/mol. The van der Waals surface area contributed by atoms with Gasteiger partial charge in [-0.05, 0) is 18.2 Å². The molecule has 1 aliphatic rings. The number of carbonyl (C=O) groups is 1. The zero-order valence-corrected chi connectivity index (χ0v) is 18.9. The molecule has 34 heavy (non-hydrogen) atoms. The van der Waals surface area contributed by atoms with E-state index in [2.05, 4.69) is 0 Å². The molecule has 0 unspecified atom stereocenters. The number of aromatic hydroxyl groups is 1. The molecule has 4 rings (SSSR count). The highest BCUT2D eigenvalue weighted by Crippen LogP contribution is 2.33. The molecule has 1 aliphatic heterocycles. The van der Waals surface area contributed by atoms with Crippen molar-refractivity contribution in [2.24, 2.45) is 0 Å². The lowest BCUT2D eigenvalue weighted by Crippen LogP contribution is -2.41. The smallest absolute Gasteiger partial charge is 0.227 e. The van der Waals surface area contributed by atoms with Gasteiger partial charge in [0, 0.05) is 38.2 Å². The standard InChI is InChI=1S/C24H25NO9/c1-30-12-15-10-19(26)23(29)24(34-15)16(11-21(27)25-5-7-32-8-6-25)18-13-33-20-4-3-14(31-2)9-17(20)22(18)28/h3-4,9-10,13,16,29H,5-8,11-12H2,1-2H3/t16-/m0/s1. The van der Waals surface area contributed by atoms with E-state index in [1.807, 2.05) is 0 Å². The van der Waals surface area contributed by atoms with Crippen LogP contribution < -0.4 is 15.6 Å². The third kappa shape index (κ3) is 4.68. The molecule has 10 nitrogen and oxygen atoms in total. The first-order chi connectivity index (χ1) is 16.4. The maximum absolute atomic E-state index is 13.5. The van der Waals surface area contributed by atoms with Gasteiger partial charge in [0.05, 0.1) is 37.9 Å². The van der Waals surface area contributed by atoms with E-state index in [-0.39, 0.29) is 41.4 Å². The van der Waals surface area contributed by atoms with Crippen LogP contribution in [0.3, 0.4) is 0 Å². The summed E-state index contributed by atoms with van der Waals surface area (Å²) in [6, 6.07) is 5.90. The molecule has 0 aliphatic carbocycles. The number of benzene rings is 1. The van der Waals surface area contributed by atoms with Crippen molar-refractivity contribution in [3.63, 3.8) is 0 Å². The Bertz CT molecular complexity index is 1300. The molecule has 1 fully saturated rings. The molecule has 1 aromatic carbocycles. The van der Waals surface area contributed by atoms with E-state index in [4.69, 9.17) is 23.0 Å². The number of hydrogen-bond donors (Lipinski definition) is 1. The lowest BCUT2D eigenvalue weighted by Gasteiger charge is -2.28. The number of carbonyl (C=O) groups excluding carboxylic acids is 1. The Balaban J connectivity index is 1.86. The van der Waals surface area contributed by atoms with Gasteiger partial charge in [-0.1, -0.05) is 0 Å². The lowest BCUT2D eigenvalue weighted by atomic mass is 9.91. The normalized spacial score (nSPS) is 14.8. The third-order valence-corrected chi connectivity index (χ3v) is 5.73. The molecule has 3 heterocycles. The second kappa shape index (κ2) is 10.1. The molecule has 1 amide bonds. The Kier molecular flexibility index (Phi) is 6.99. The van der Waals surface area contributed by atoms with Crippen LogP contribution in [0.4, 0.5) is 0 Å². The topological polar surface area (TPSA) is 129 Å². The van der Waals surface area contributed by atoms with Crippen LogP contribution in [0.2, 0.25) is 0 Å². The van der Waals surface area contributed by atoms with Crippen molar-refractivity contribution >= 4 is 16.9 Å². The number of morpholine rings is 1. The van der Waals surface area contributed by atoms with Crippen molar-refractivity contribution in [1.29, 1.82) is 0 Å². The second-order valence-electron chi connectivity index (χ2n) is 7.85. The Morgan fingerprint density at radius 3 is 2.65 bits per heavy atom. The van der Waals surface area contributed by atoms with Crippen LogP contribution in [0.5, 0.6) is 11.5 Å². The summed E-state index contributed by atoms with van der Waals surface area (Å²) in [5, 5.41) is 10.8. The first-order valence-corrected chi connectivity index (χ1v) is 10.7. The number of amides is 1. The number of nitrogens with zero attached hydrogens (tertiary/aromatic N) is 1. The van der Waals surface area contributed by atoms with Gasteiger partial charge >= 0.3 is 0 Å². The van der Waals surface area contributed by atoms with Crippen LogP contribution >= 0.6 is 0 Å². The number of fused-ring (bicyclic) bond motifs is 1. The van der Waals surface area contributed by atoms with E-state index in [9.17, 15) is 19.5 Å². The van der Waals surface area contributed by atoms with Crippen LogP contribution in [-0.4, -0.2) is 56.4 Å².